The van der Waals surface area contributed by atoms with Crippen molar-refractivity contribution in [2.24, 2.45) is 0 Å². The van der Waals surface area contributed by atoms with E-state index in [0.29, 0.717) is 12.0 Å². The number of nitrogens with zero attached hydrogens (tertiary/aromatic N) is 2. The van der Waals surface area contributed by atoms with Gasteiger partial charge in [-0.25, -0.2) is 4.68 Å². The number of rotatable bonds is 5. The Morgan fingerprint density at radius 1 is 1.05 bits per heavy atom. The van der Waals surface area contributed by atoms with Crippen molar-refractivity contribution in [2.45, 2.75) is 46.2 Å². The second-order valence-corrected chi connectivity index (χ2v) is 5.53. The van der Waals surface area contributed by atoms with Crippen molar-refractivity contribution in [1.29, 1.82) is 0 Å². The topological polar surface area (TPSA) is 29.9 Å². The van der Waals surface area contributed by atoms with Gasteiger partial charge >= 0.3 is 0 Å². The van der Waals surface area contributed by atoms with E-state index in [-0.39, 0.29) is 0 Å². The van der Waals surface area contributed by atoms with E-state index in [4.69, 9.17) is 0 Å². The first kappa shape index (κ1) is 13.8. The summed E-state index contributed by atoms with van der Waals surface area (Å²) in [5, 5.41) is 7.96. The maximum Gasteiger partial charge on any atom is 0.0766 e. The minimum Gasteiger partial charge on any atom is -0.309 e. The van der Waals surface area contributed by atoms with Crippen LogP contribution in [0.4, 0.5) is 0 Å². The minimum absolute atomic E-state index is 0.482. The third-order valence-electron chi connectivity index (χ3n) is 3.16. The fraction of sp³-hybridized carbons (Fsp3) is 0.438. The third kappa shape index (κ3) is 3.67. The molecule has 0 aliphatic heterocycles. The smallest absolute Gasteiger partial charge is 0.0766 e. The van der Waals surface area contributed by atoms with Gasteiger partial charge in [0, 0.05) is 18.8 Å². The van der Waals surface area contributed by atoms with Crippen molar-refractivity contribution in [3.05, 3.63) is 47.8 Å². The Balaban J connectivity index is 2.09. The van der Waals surface area contributed by atoms with E-state index in [9.17, 15) is 0 Å². The standard InChI is InChI=1S/C16H23N3/c1-12(2)14-5-7-16(8-6-14)19-10-9-15(18-19)11-17-13(3)4/h5-10,12-13,17H,11H2,1-4H3. The lowest BCUT2D eigenvalue weighted by molar-refractivity contribution is 0.578. The molecular weight excluding hydrogens is 234 g/mol. The summed E-state index contributed by atoms with van der Waals surface area (Å²) in [7, 11) is 0. The number of nitrogens with one attached hydrogen (secondary N) is 1. The van der Waals surface area contributed by atoms with Gasteiger partial charge in [0.1, 0.15) is 0 Å². The summed E-state index contributed by atoms with van der Waals surface area (Å²) in [6.07, 6.45) is 2.02. The maximum absolute atomic E-state index is 4.58. The van der Waals surface area contributed by atoms with Crippen LogP contribution in [-0.4, -0.2) is 15.8 Å². The maximum atomic E-state index is 4.58. The highest BCUT2D eigenvalue weighted by molar-refractivity contribution is 5.35. The second-order valence-electron chi connectivity index (χ2n) is 5.53. The molecule has 0 bridgehead atoms. The number of hydrogen-bond acceptors (Lipinski definition) is 2. The van der Waals surface area contributed by atoms with Gasteiger partial charge in [0.2, 0.25) is 0 Å². The Kier molecular flexibility index (Phi) is 4.38. The fourth-order valence-electron chi connectivity index (χ4n) is 1.92. The lowest BCUT2D eigenvalue weighted by Crippen LogP contribution is -2.22. The first-order valence-electron chi connectivity index (χ1n) is 6.94. The molecule has 1 aromatic heterocycles. The largest absolute Gasteiger partial charge is 0.309 e. The van der Waals surface area contributed by atoms with Crippen LogP contribution in [0.3, 0.4) is 0 Å². The van der Waals surface area contributed by atoms with E-state index in [1.54, 1.807) is 0 Å². The third-order valence-corrected chi connectivity index (χ3v) is 3.16. The second kappa shape index (κ2) is 6.02. The molecule has 0 unspecified atom stereocenters. The highest BCUT2D eigenvalue weighted by atomic mass is 15.3. The summed E-state index contributed by atoms with van der Waals surface area (Å²) in [6, 6.07) is 11.1. The van der Waals surface area contributed by atoms with Gasteiger partial charge in [-0.1, -0.05) is 39.8 Å². The molecule has 0 spiro atoms. The van der Waals surface area contributed by atoms with Crippen LogP contribution < -0.4 is 5.32 Å². The van der Waals surface area contributed by atoms with Gasteiger partial charge in [0.25, 0.3) is 0 Å². The van der Waals surface area contributed by atoms with Gasteiger partial charge < -0.3 is 5.32 Å². The molecule has 0 amide bonds. The van der Waals surface area contributed by atoms with Crippen LogP contribution in [0.5, 0.6) is 0 Å². The van der Waals surface area contributed by atoms with Gasteiger partial charge in [-0.2, -0.15) is 5.10 Å². The Labute approximate surface area is 115 Å². The van der Waals surface area contributed by atoms with Crippen LogP contribution in [0.25, 0.3) is 5.69 Å². The molecule has 0 radical (unpaired) electrons. The van der Waals surface area contributed by atoms with Crippen LogP contribution >= 0.6 is 0 Å². The zero-order valence-corrected chi connectivity index (χ0v) is 12.2. The zero-order chi connectivity index (χ0) is 13.8. The van der Waals surface area contributed by atoms with E-state index in [1.165, 1.54) is 5.56 Å². The molecule has 2 aromatic rings. The van der Waals surface area contributed by atoms with Crippen molar-refractivity contribution in [3.63, 3.8) is 0 Å². The lowest BCUT2D eigenvalue weighted by Gasteiger charge is -2.07. The van der Waals surface area contributed by atoms with Gasteiger partial charge in [0.15, 0.2) is 0 Å². The average molecular weight is 257 g/mol. The molecule has 1 heterocycles. The summed E-state index contributed by atoms with van der Waals surface area (Å²) in [6.45, 7) is 9.51. The fourth-order valence-corrected chi connectivity index (χ4v) is 1.92. The van der Waals surface area contributed by atoms with Crippen LogP contribution in [-0.2, 0) is 6.54 Å². The molecule has 0 saturated carbocycles. The highest BCUT2D eigenvalue weighted by Gasteiger charge is 2.03. The molecule has 19 heavy (non-hydrogen) atoms. The average Bonchev–Trinajstić information content (AvgIpc) is 2.85. The summed E-state index contributed by atoms with van der Waals surface area (Å²) < 4.78 is 1.93. The van der Waals surface area contributed by atoms with Crippen LogP contribution in [0.2, 0.25) is 0 Å². The zero-order valence-electron chi connectivity index (χ0n) is 12.2. The molecule has 0 atom stereocenters. The Morgan fingerprint density at radius 2 is 1.74 bits per heavy atom. The Hall–Kier alpha value is -1.61. The predicted molar refractivity (Wildman–Crippen MR) is 79.6 cm³/mol. The van der Waals surface area contributed by atoms with Crippen LogP contribution in [0.15, 0.2) is 36.5 Å². The molecule has 1 aromatic carbocycles. The lowest BCUT2D eigenvalue weighted by atomic mass is 10.0. The van der Waals surface area contributed by atoms with E-state index in [2.05, 4.69) is 68.4 Å². The molecule has 3 nitrogen and oxygen atoms in total. The quantitative estimate of drug-likeness (QED) is 0.888. The van der Waals surface area contributed by atoms with Crippen molar-refractivity contribution in [1.82, 2.24) is 15.1 Å². The molecule has 3 heteroatoms. The van der Waals surface area contributed by atoms with Crippen molar-refractivity contribution < 1.29 is 0 Å². The van der Waals surface area contributed by atoms with E-state index >= 15 is 0 Å². The van der Waals surface area contributed by atoms with E-state index in [1.807, 2.05) is 10.9 Å². The van der Waals surface area contributed by atoms with Gasteiger partial charge in [-0.3, -0.25) is 0 Å². The number of hydrogen-bond donors (Lipinski definition) is 1. The normalized spacial score (nSPS) is 11.5. The van der Waals surface area contributed by atoms with Gasteiger partial charge in [0.05, 0.1) is 11.4 Å². The first-order chi connectivity index (χ1) is 9.06. The summed E-state index contributed by atoms with van der Waals surface area (Å²) in [4.78, 5) is 0. The predicted octanol–water partition coefficient (Wildman–Crippen LogP) is 3.49. The van der Waals surface area contributed by atoms with Crippen molar-refractivity contribution >= 4 is 0 Å². The molecule has 102 valence electrons. The molecule has 0 fully saturated rings. The van der Waals surface area contributed by atoms with Gasteiger partial charge in [-0.15, -0.1) is 0 Å². The number of benzene rings is 1. The molecule has 0 aliphatic rings. The Morgan fingerprint density at radius 3 is 2.32 bits per heavy atom. The molecular formula is C16H23N3. The Bertz CT molecular complexity index is 509. The van der Waals surface area contributed by atoms with E-state index < -0.39 is 0 Å². The molecule has 0 saturated heterocycles. The van der Waals surface area contributed by atoms with Crippen LogP contribution in [0.1, 0.15) is 44.9 Å². The number of aromatic nitrogens is 2. The van der Waals surface area contributed by atoms with Crippen LogP contribution in [0, 0.1) is 0 Å². The minimum atomic E-state index is 0.482. The van der Waals surface area contributed by atoms with E-state index in [0.717, 1.165) is 17.9 Å². The summed E-state index contributed by atoms with van der Waals surface area (Å²) >= 11 is 0. The highest BCUT2D eigenvalue weighted by Crippen LogP contribution is 2.16. The molecule has 1 N–H and O–H groups in total. The summed E-state index contributed by atoms with van der Waals surface area (Å²) in [5.41, 5.74) is 3.54. The first-order valence-corrected chi connectivity index (χ1v) is 6.94. The SMILES string of the molecule is CC(C)NCc1ccn(-c2ccc(C(C)C)cc2)n1. The van der Waals surface area contributed by atoms with Crippen molar-refractivity contribution in [2.75, 3.05) is 0 Å². The van der Waals surface area contributed by atoms with Gasteiger partial charge in [-0.05, 0) is 29.7 Å². The monoisotopic (exact) mass is 257 g/mol. The molecule has 0 aliphatic carbocycles. The summed E-state index contributed by atoms with van der Waals surface area (Å²) in [5.74, 6) is 0.567. The molecule has 2 rings (SSSR count). The van der Waals surface area contributed by atoms with Crippen molar-refractivity contribution in [3.8, 4) is 5.69 Å².